The molecule has 0 aliphatic carbocycles. The lowest BCUT2D eigenvalue weighted by Crippen LogP contribution is -1.95. The van der Waals surface area contributed by atoms with Crippen molar-refractivity contribution in [1.82, 2.24) is 0 Å². The van der Waals surface area contributed by atoms with E-state index in [2.05, 4.69) is 0 Å². The molecule has 94 valence electrons. The third kappa shape index (κ3) is 6.09. The van der Waals surface area contributed by atoms with Gasteiger partial charge in [0.2, 0.25) is 0 Å². The number of hydrogen-bond acceptors (Lipinski definition) is 3. The van der Waals surface area contributed by atoms with Crippen molar-refractivity contribution >= 4 is 0 Å². The molecule has 3 nitrogen and oxygen atoms in total. The maximum absolute atomic E-state index is 8.53. The van der Waals surface area contributed by atoms with Gasteiger partial charge >= 0.3 is 0 Å². The maximum Gasteiger partial charge on any atom is 0.118 e. The number of methoxy groups -OCH3 is 1. The van der Waals surface area contributed by atoms with Crippen molar-refractivity contribution in [1.29, 1.82) is 0 Å². The van der Waals surface area contributed by atoms with E-state index >= 15 is 0 Å². The molecule has 0 aliphatic heterocycles. The summed E-state index contributed by atoms with van der Waals surface area (Å²) in [4.78, 5) is 0. The fourth-order valence-electron chi connectivity index (χ4n) is 1.41. The van der Waals surface area contributed by atoms with Crippen molar-refractivity contribution in [3.8, 4) is 5.75 Å². The summed E-state index contributed by atoms with van der Waals surface area (Å²) in [5.74, 6) is 0.864. The molecule has 0 unspecified atom stereocenters. The summed E-state index contributed by atoms with van der Waals surface area (Å²) in [6, 6.07) is 7.88. The topological polar surface area (TPSA) is 38.7 Å². The Labute approximate surface area is 103 Å². The van der Waals surface area contributed by atoms with Gasteiger partial charge in [0.25, 0.3) is 0 Å². The third-order valence-corrected chi connectivity index (χ3v) is 2.36. The van der Waals surface area contributed by atoms with Crippen LogP contribution in [0.2, 0.25) is 0 Å². The van der Waals surface area contributed by atoms with Gasteiger partial charge in [0.15, 0.2) is 0 Å². The average Bonchev–Trinajstić information content (AvgIpc) is 2.38. The molecule has 3 heteroatoms. The van der Waals surface area contributed by atoms with E-state index in [1.807, 2.05) is 30.3 Å². The second kappa shape index (κ2) is 8.79. The van der Waals surface area contributed by atoms with Crippen LogP contribution >= 0.6 is 0 Å². The van der Waals surface area contributed by atoms with Crippen molar-refractivity contribution < 1.29 is 14.6 Å². The molecule has 0 atom stereocenters. The minimum Gasteiger partial charge on any atom is -0.497 e. The van der Waals surface area contributed by atoms with Gasteiger partial charge in [-0.15, -0.1) is 0 Å². The summed E-state index contributed by atoms with van der Waals surface area (Å²) in [6.07, 6.45) is 5.65. The number of unbranched alkanes of at least 4 members (excludes halogenated alkanes) is 1. The summed E-state index contributed by atoms with van der Waals surface area (Å²) in [6.45, 7) is 1.49. The predicted octanol–water partition coefficient (Wildman–Crippen LogP) is 2.54. The lowest BCUT2D eigenvalue weighted by molar-refractivity contribution is 0.119. The van der Waals surface area contributed by atoms with Crippen LogP contribution in [0.5, 0.6) is 5.75 Å². The van der Waals surface area contributed by atoms with Crippen LogP contribution < -0.4 is 4.74 Å². The van der Waals surface area contributed by atoms with Crippen LogP contribution in [0, 0.1) is 0 Å². The highest BCUT2D eigenvalue weighted by Gasteiger charge is 1.94. The lowest BCUT2D eigenvalue weighted by atomic mass is 10.2. The Hall–Kier alpha value is -1.32. The molecule has 0 fully saturated rings. The van der Waals surface area contributed by atoms with E-state index in [0.29, 0.717) is 6.61 Å². The normalized spacial score (nSPS) is 10.9. The molecule has 0 aliphatic rings. The molecule has 1 N–H and O–H groups in total. The monoisotopic (exact) mass is 236 g/mol. The standard InChI is InChI=1S/C14H20O3/c1-16-14-8-6-13(7-9-14)12-17-11-5-3-2-4-10-15/h2,4,6-9,15H,3,5,10-12H2,1H3/b4-2+. The highest BCUT2D eigenvalue weighted by atomic mass is 16.5. The fraction of sp³-hybridized carbons (Fsp3) is 0.429. The van der Waals surface area contributed by atoms with Crippen molar-refractivity contribution in [3.63, 3.8) is 0 Å². The van der Waals surface area contributed by atoms with Gasteiger partial charge in [-0.3, -0.25) is 0 Å². The first-order chi connectivity index (χ1) is 8.36. The largest absolute Gasteiger partial charge is 0.497 e. The van der Waals surface area contributed by atoms with Gasteiger partial charge < -0.3 is 14.6 Å². The molecule has 0 saturated carbocycles. The van der Waals surface area contributed by atoms with Crippen LogP contribution in [0.3, 0.4) is 0 Å². The zero-order valence-corrected chi connectivity index (χ0v) is 10.3. The minimum atomic E-state index is 0.118. The van der Waals surface area contributed by atoms with Gasteiger partial charge in [0.1, 0.15) is 5.75 Å². The highest BCUT2D eigenvalue weighted by molar-refractivity contribution is 5.26. The van der Waals surface area contributed by atoms with Crippen LogP contribution in [-0.2, 0) is 11.3 Å². The number of allylic oxidation sites excluding steroid dienone is 1. The molecule has 0 amide bonds. The quantitative estimate of drug-likeness (QED) is 0.557. The molecule has 1 aromatic carbocycles. The van der Waals surface area contributed by atoms with Crippen molar-refractivity contribution in [2.45, 2.75) is 19.4 Å². The second-order valence-electron chi connectivity index (χ2n) is 3.70. The van der Waals surface area contributed by atoms with Gasteiger partial charge in [-0.2, -0.15) is 0 Å². The molecule has 1 rings (SSSR count). The Kier molecular flexibility index (Phi) is 7.11. The summed E-state index contributed by atoms with van der Waals surface area (Å²) >= 11 is 0. The Morgan fingerprint density at radius 2 is 1.94 bits per heavy atom. The molecule has 17 heavy (non-hydrogen) atoms. The van der Waals surface area contributed by atoms with E-state index in [1.165, 1.54) is 0 Å². The number of rotatable bonds is 8. The van der Waals surface area contributed by atoms with E-state index < -0.39 is 0 Å². The molecule has 0 heterocycles. The van der Waals surface area contributed by atoms with Crippen LogP contribution in [0.1, 0.15) is 18.4 Å². The Morgan fingerprint density at radius 1 is 1.18 bits per heavy atom. The molecule has 0 radical (unpaired) electrons. The van der Waals surface area contributed by atoms with Crippen molar-refractivity contribution in [2.24, 2.45) is 0 Å². The van der Waals surface area contributed by atoms with E-state index in [4.69, 9.17) is 14.6 Å². The number of benzene rings is 1. The van der Waals surface area contributed by atoms with E-state index in [9.17, 15) is 0 Å². The first-order valence-electron chi connectivity index (χ1n) is 5.83. The summed E-state index contributed by atoms with van der Waals surface area (Å²) < 4.78 is 10.6. The SMILES string of the molecule is COc1ccc(COCCC/C=C/CO)cc1. The Bertz CT molecular complexity index is 317. The molecule has 0 saturated heterocycles. The van der Waals surface area contributed by atoms with Crippen LogP contribution in [-0.4, -0.2) is 25.4 Å². The smallest absolute Gasteiger partial charge is 0.118 e. The first kappa shape index (κ1) is 13.7. The van der Waals surface area contributed by atoms with Crippen molar-refractivity contribution in [3.05, 3.63) is 42.0 Å². The number of hydrogen-bond donors (Lipinski definition) is 1. The van der Waals surface area contributed by atoms with Crippen LogP contribution in [0.15, 0.2) is 36.4 Å². The number of aliphatic hydroxyl groups is 1. The van der Waals surface area contributed by atoms with E-state index in [-0.39, 0.29) is 6.61 Å². The van der Waals surface area contributed by atoms with Gasteiger partial charge in [0, 0.05) is 6.61 Å². The van der Waals surface area contributed by atoms with Crippen LogP contribution in [0.25, 0.3) is 0 Å². The predicted molar refractivity (Wildman–Crippen MR) is 68.1 cm³/mol. The molecule has 0 aromatic heterocycles. The molecule has 0 spiro atoms. The molecular formula is C14H20O3. The number of ether oxygens (including phenoxy) is 2. The van der Waals surface area contributed by atoms with Gasteiger partial charge in [-0.1, -0.05) is 24.3 Å². The second-order valence-corrected chi connectivity index (χ2v) is 3.70. The van der Waals surface area contributed by atoms with Crippen LogP contribution in [0.4, 0.5) is 0 Å². The fourth-order valence-corrected chi connectivity index (χ4v) is 1.41. The van der Waals surface area contributed by atoms with Gasteiger partial charge in [0.05, 0.1) is 20.3 Å². The first-order valence-corrected chi connectivity index (χ1v) is 5.83. The zero-order valence-electron chi connectivity index (χ0n) is 10.3. The summed E-state index contributed by atoms with van der Waals surface area (Å²) in [5, 5.41) is 8.53. The zero-order chi connectivity index (χ0) is 12.3. The highest BCUT2D eigenvalue weighted by Crippen LogP contribution is 2.11. The average molecular weight is 236 g/mol. The van der Waals surface area contributed by atoms with Crippen molar-refractivity contribution in [2.75, 3.05) is 20.3 Å². The third-order valence-electron chi connectivity index (χ3n) is 2.36. The Morgan fingerprint density at radius 3 is 2.59 bits per heavy atom. The maximum atomic E-state index is 8.53. The minimum absolute atomic E-state index is 0.118. The Balaban J connectivity index is 2.11. The molecule has 1 aromatic rings. The lowest BCUT2D eigenvalue weighted by Gasteiger charge is -2.04. The molecular weight excluding hydrogens is 216 g/mol. The number of aliphatic hydroxyl groups excluding tert-OH is 1. The van der Waals surface area contributed by atoms with E-state index in [1.54, 1.807) is 13.2 Å². The molecule has 0 bridgehead atoms. The van der Waals surface area contributed by atoms with Gasteiger partial charge in [-0.05, 0) is 30.5 Å². The van der Waals surface area contributed by atoms with E-state index in [0.717, 1.165) is 30.8 Å². The summed E-state index contributed by atoms with van der Waals surface area (Å²) in [5.41, 5.74) is 1.15. The summed E-state index contributed by atoms with van der Waals surface area (Å²) in [7, 11) is 1.66. The van der Waals surface area contributed by atoms with Gasteiger partial charge in [-0.25, -0.2) is 0 Å².